The van der Waals surface area contributed by atoms with E-state index in [1.165, 1.54) is 5.56 Å². The molecule has 2 heterocycles. The molecule has 4 rings (SSSR count). The second-order valence-electron chi connectivity index (χ2n) is 9.75. The van der Waals surface area contributed by atoms with Crippen molar-refractivity contribution in [2.24, 2.45) is 5.92 Å². The highest BCUT2D eigenvalue weighted by atomic mass is 35.5. The van der Waals surface area contributed by atoms with E-state index in [0.717, 1.165) is 24.9 Å². The van der Waals surface area contributed by atoms with E-state index in [2.05, 4.69) is 53.3 Å². The van der Waals surface area contributed by atoms with Gasteiger partial charge in [0.05, 0.1) is 25.3 Å². The fourth-order valence-electron chi connectivity index (χ4n) is 4.17. The zero-order valence-electron chi connectivity index (χ0n) is 20.1. The monoisotopic (exact) mass is 482 g/mol. The lowest BCUT2D eigenvalue weighted by molar-refractivity contribution is -0.121. The lowest BCUT2D eigenvalue weighted by Gasteiger charge is -2.31. The van der Waals surface area contributed by atoms with Crippen LogP contribution in [0, 0.1) is 5.92 Å². The largest absolute Gasteiger partial charge is 0.495 e. The van der Waals surface area contributed by atoms with Crippen molar-refractivity contribution in [2.75, 3.05) is 25.5 Å². The summed E-state index contributed by atoms with van der Waals surface area (Å²) < 4.78 is 10.9. The number of likely N-dealkylation sites (tertiary alicyclic amines) is 1. The van der Waals surface area contributed by atoms with E-state index in [0.29, 0.717) is 41.3 Å². The Morgan fingerprint density at radius 1 is 1.24 bits per heavy atom. The molecule has 0 saturated carbocycles. The summed E-state index contributed by atoms with van der Waals surface area (Å²) in [6.07, 6.45) is 1.74. The molecule has 1 unspecified atom stereocenters. The number of rotatable bonds is 6. The van der Waals surface area contributed by atoms with Crippen LogP contribution in [0.15, 0.2) is 47.0 Å². The van der Waals surface area contributed by atoms with Gasteiger partial charge in [-0.15, -0.1) is 0 Å². The highest BCUT2D eigenvalue weighted by Gasteiger charge is 2.27. The number of nitrogens with one attached hydrogen (secondary N) is 1. The van der Waals surface area contributed by atoms with Gasteiger partial charge in [0, 0.05) is 17.1 Å². The second-order valence-corrected chi connectivity index (χ2v) is 10.2. The van der Waals surface area contributed by atoms with Gasteiger partial charge in [0.2, 0.25) is 17.6 Å². The number of hydrogen-bond acceptors (Lipinski definition) is 6. The smallest absolute Gasteiger partial charge is 0.241 e. The third-order valence-corrected chi connectivity index (χ3v) is 6.37. The van der Waals surface area contributed by atoms with Crippen molar-refractivity contribution in [2.45, 2.75) is 45.6 Å². The first-order valence-electron chi connectivity index (χ1n) is 11.5. The van der Waals surface area contributed by atoms with E-state index in [9.17, 15) is 4.79 Å². The standard InChI is InChI=1S/C26H31ClN4O3/c1-26(2,3)19-9-7-17(8-10-19)24-29-23(34-30-24)16-31-13-5-6-18(15-31)25(32)28-21-14-20(27)11-12-22(21)33-4/h7-12,14,18H,5-6,13,15-16H2,1-4H3,(H,28,32). The van der Waals surface area contributed by atoms with Crippen molar-refractivity contribution in [3.05, 3.63) is 58.9 Å². The van der Waals surface area contributed by atoms with Gasteiger partial charge in [-0.25, -0.2) is 0 Å². The molecule has 1 N–H and O–H groups in total. The molecule has 1 aliphatic heterocycles. The number of carbonyl (C=O) groups is 1. The van der Waals surface area contributed by atoms with Crippen molar-refractivity contribution in [1.82, 2.24) is 15.0 Å². The van der Waals surface area contributed by atoms with Gasteiger partial charge in [-0.2, -0.15) is 4.98 Å². The van der Waals surface area contributed by atoms with E-state index in [-0.39, 0.29) is 17.2 Å². The molecule has 2 aromatic carbocycles. The number of nitrogens with zero attached hydrogens (tertiary/aromatic N) is 3. The lowest BCUT2D eigenvalue weighted by Crippen LogP contribution is -2.40. The van der Waals surface area contributed by atoms with Crippen molar-refractivity contribution < 1.29 is 14.1 Å². The number of carbonyl (C=O) groups excluding carboxylic acids is 1. The van der Waals surface area contributed by atoms with Crippen LogP contribution in [0.5, 0.6) is 5.75 Å². The highest BCUT2D eigenvalue weighted by molar-refractivity contribution is 6.31. The van der Waals surface area contributed by atoms with Crippen LogP contribution < -0.4 is 10.1 Å². The van der Waals surface area contributed by atoms with Crippen LogP contribution in [-0.4, -0.2) is 41.1 Å². The lowest BCUT2D eigenvalue weighted by atomic mass is 9.87. The predicted octanol–water partition coefficient (Wildman–Crippen LogP) is 5.55. The fraction of sp³-hybridized carbons (Fsp3) is 0.423. The Balaban J connectivity index is 1.38. The number of methoxy groups -OCH3 is 1. The van der Waals surface area contributed by atoms with Gasteiger partial charge in [-0.1, -0.05) is 61.8 Å². The first-order chi connectivity index (χ1) is 16.2. The van der Waals surface area contributed by atoms with Crippen LogP contribution in [0.25, 0.3) is 11.4 Å². The first-order valence-corrected chi connectivity index (χ1v) is 11.9. The number of anilines is 1. The maximum Gasteiger partial charge on any atom is 0.241 e. The number of amides is 1. The minimum atomic E-state index is -0.148. The molecule has 0 radical (unpaired) electrons. The Kier molecular flexibility index (Phi) is 7.24. The number of hydrogen-bond donors (Lipinski definition) is 1. The van der Waals surface area contributed by atoms with E-state index in [1.54, 1.807) is 25.3 Å². The van der Waals surface area contributed by atoms with Gasteiger partial charge in [-0.05, 0) is 48.6 Å². The number of halogens is 1. The fourth-order valence-corrected chi connectivity index (χ4v) is 4.34. The first kappa shape index (κ1) is 24.2. The Hall–Kier alpha value is -2.90. The van der Waals surface area contributed by atoms with Gasteiger partial charge >= 0.3 is 0 Å². The third-order valence-electron chi connectivity index (χ3n) is 6.13. The summed E-state index contributed by atoms with van der Waals surface area (Å²) in [5, 5.41) is 7.68. The maximum absolute atomic E-state index is 12.9. The zero-order chi connectivity index (χ0) is 24.3. The van der Waals surface area contributed by atoms with Gasteiger partial charge in [0.25, 0.3) is 0 Å². The molecule has 1 aliphatic rings. The van der Waals surface area contributed by atoms with Crippen LogP contribution in [0.1, 0.15) is 45.1 Å². The molecule has 180 valence electrons. The second kappa shape index (κ2) is 10.2. The van der Waals surface area contributed by atoms with Crippen LogP contribution in [0.3, 0.4) is 0 Å². The minimum Gasteiger partial charge on any atom is -0.495 e. The van der Waals surface area contributed by atoms with Crippen LogP contribution in [-0.2, 0) is 16.8 Å². The molecule has 34 heavy (non-hydrogen) atoms. The summed E-state index contributed by atoms with van der Waals surface area (Å²) >= 11 is 6.09. The molecule has 1 atom stereocenters. The molecule has 7 nitrogen and oxygen atoms in total. The highest BCUT2D eigenvalue weighted by Crippen LogP contribution is 2.29. The Morgan fingerprint density at radius 2 is 2.00 bits per heavy atom. The summed E-state index contributed by atoms with van der Waals surface area (Å²) in [6, 6.07) is 13.4. The van der Waals surface area contributed by atoms with Crippen molar-refractivity contribution in [3.8, 4) is 17.1 Å². The minimum absolute atomic E-state index is 0.0459. The van der Waals surface area contributed by atoms with E-state index in [4.69, 9.17) is 20.9 Å². The summed E-state index contributed by atoms with van der Waals surface area (Å²) in [5.41, 5.74) is 2.86. The Bertz CT molecular complexity index is 1140. The van der Waals surface area contributed by atoms with Crippen LogP contribution in [0.2, 0.25) is 5.02 Å². The van der Waals surface area contributed by atoms with Crippen molar-refractivity contribution in [1.29, 1.82) is 0 Å². The summed E-state index contributed by atoms with van der Waals surface area (Å²) in [4.78, 5) is 19.7. The van der Waals surface area contributed by atoms with E-state index < -0.39 is 0 Å². The Morgan fingerprint density at radius 3 is 2.71 bits per heavy atom. The predicted molar refractivity (Wildman–Crippen MR) is 133 cm³/mol. The molecule has 3 aromatic rings. The SMILES string of the molecule is COc1ccc(Cl)cc1NC(=O)C1CCCN(Cc2nc(-c3ccc(C(C)(C)C)cc3)no2)C1. The maximum atomic E-state index is 12.9. The zero-order valence-corrected chi connectivity index (χ0v) is 20.9. The van der Waals surface area contributed by atoms with Crippen LogP contribution >= 0.6 is 11.6 Å². The molecule has 1 fully saturated rings. The van der Waals surface area contributed by atoms with Gasteiger partial charge in [-0.3, -0.25) is 9.69 Å². The average molecular weight is 483 g/mol. The van der Waals surface area contributed by atoms with Gasteiger partial charge in [0.15, 0.2) is 0 Å². The summed E-state index contributed by atoms with van der Waals surface area (Å²) in [7, 11) is 1.57. The van der Waals surface area contributed by atoms with Gasteiger partial charge < -0.3 is 14.6 Å². The topological polar surface area (TPSA) is 80.5 Å². The quantitative estimate of drug-likeness (QED) is 0.496. The molecule has 8 heteroatoms. The number of ether oxygens (including phenoxy) is 1. The van der Waals surface area contributed by atoms with E-state index in [1.807, 2.05) is 12.1 Å². The number of piperidine rings is 1. The third kappa shape index (κ3) is 5.77. The molecule has 1 saturated heterocycles. The van der Waals surface area contributed by atoms with E-state index >= 15 is 0 Å². The van der Waals surface area contributed by atoms with Crippen LogP contribution in [0.4, 0.5) is 5.69 Å². The molecule has 1 amide bonds. The molecule has 0 bridgehead atoms. The van der Waals surface area contributed by atoms with Gasteiger partial charge in [0.1, 0.15) is 5.75 Å². The molecular weight excluding hydrogens is 452 g/mol. The molecule has 0 spiro atoms. The number of benzene rings is 2. The summed E-state index contributed by atoms with van der Waals surface area (Å²) in [6.45, 7) is 8.57. The number of aromatic nitrogens is 2. The molecule has 1 aromatic heterocycles. The molecular formula is C26H31ClN4O3. The summed E-state index contributed by atoms with van der Waals surface area (Å²) in [5.74, 6) is 1.52. The molecule has 0 aliphatic carbocycles. The normalized spacial score (nSPS) is 16.9. The van der Waals surface area contributed by atoms with Crippen molar-refractivity contribution in [3.63, 3.8) is 0 Å². The van der Waals surface area contributed by atoms with Crippen molar-refractivity contribution >= 4 is 23.2 Å². The average Bonchev–Trinajstić information content (AvgIpc) is 3.27. The Labute approximate surface area is 205 Å².